The first-order chi connectivity index (χ1) is 9.83. The smallest absolute Gasteiger partial charge is 0.0561 e. The highest BCUT2D eigenvalue weighted by Crippen LogP contribution is 2.17. The average Bonchev–Trinajstić information content (AvgIpc) is 2.49. The van der Waals surface area contributed by atoms with Crippen molar-refractivity contribution in [2.45, 2.75) is 6.92 Å². The number of hydrogen-bond acceptors (Lipinski definition) is 2. The Bertz CT molecular complexity index is 737. The third-order valence-corrected chi connectivity index (χ3v) is 3.27. The van der Waals surface area contributed by atoms with Crippen LogP contribution in [0.5, 0.6) is 0 Å². The second kappa shape index (κ2) is 5.57. The van der Waals surface area contributed by atoms with Crippen LogP contribution in [0.1, 0.15) is 11.1 Å². The van der Waals surface area contributed by atoms with Crippen molar-refractivity contribution in [2.75, 3.05) is 5.43 Å². The van der Waals surface area contributed by atoms with Gasteiger partial charge in [0.05, 0.1) is 11.9 Å². The van der Waals surface area contributed by atoms with Crippen molar-refractivity contribution in [3.05, 3.63) is 77.9 Å². The molecular formula is C18H16N2. The van der Waals surface area contributed by atoms with Crippen molar-refractivity contribution < 1.29 is 0 Å². The Hall–Kier alpha value is -2.61. The summed E-state index contributed by atoms with van der Waals surface area (Å²) < 4.78 is 0. The molecule has 1 N–H and O–H groups in total. The zero-order valence-electron chi connectivity index (χ0n) is 11.4. The summed E-state index contributed by atoms with van der Waals surface area (Å²) in [4.78, 5) is 0. The fraction of sp³-hybridized carbons (Fsp3) is 0.0556. The molecule has 3 aromatic rings. The Morgan fingerprint density at radius 1 is 0.850 bits per heavy atom. The third-order valence-electron chi connectivity index (χ3n) is 3.27. The zero-order chi connectivity index (χ0) is 13.8. The predicted molar refractivity (Wildman–Crippen MR) is 86.3 cm³/mol. The standard InChI is InChI=1S/C18H16N2/c1-14-9-11-17(12-10-14)20-19-13-16-7-4-6-15-5-2-3-8-18(15)16/h2-13,20H,1H3. The van der Waals surface area contributed by atoms with Gasteiger partial charge in [0.1, 0.15) is 0 Å². The lowest BCUT2D eigenvalue weighted by atomic mass is 10.1. The van der Waals surface area contributed by atoms with Crippen molar-refractivity contribution in [1.82, 2.24) is 0 Å². The molecule has 0 aliphatic rings. The van der Waals surface area contributed by atoms with Crippen LogP contribution in [0.15, 0.2) is 71.8 Å². The molecule has 0 atom stereocenters. The number of fused-ring (bicyclic) bond motifs is 1. The second-order valence-electron chi connectivity index (χ2n) is 4.80. The Morgan fingerprint density at radius 2 is 1.60 bits per heavy atom. The van der Waals surface area contributed by atoms with Gasteiger partial charge in [-0.25, -0.2) is 0 Å². The molecule has 20 heavy (non-hydrogen) atoms. The first-order valence-corrected chi connectivity index (χ1v) is 6.66. The molecule has 3 rings (SSSR count). The van der Waals surface area contributed by atoms with E-state index in [9.17, 15) is 0 Å². The van der Waals surface area contributed by atoms with E-state index >= 15 is 0 Å². The molecule has 0 aliphatic carbocycles. The van der Waals surface area contributed by atoms with E-state index in [1.165, 1.54) is 16.3 Å². The van der Waals surface area contributed by atoms with Crippen LogP contribution in [-0.4, -0.2) is 6.21 Å². The van der Waals surface area contributed by atoms with Crippen molar-refractivity contribution in [1.29, 1.82) is 0 Å². The number of rotatable bonds is 3. The SMILES string of the molecule is Cc1ccc(NN=Cc2cccc3ccccc23)cc1. The fourth-order valence-corrected chi connectivity index (χ4v) is 2.17. The summed E-state index contributed by atoms with van der Waals surface area (Å²) in [6, 6.07) is 22.7. The van der Waals surface area contributed by atoms with Gasteiger partial charge in [-0.1, -0.05) is 60.2 Å². The van der Waals surface area contributed by atoms with Crippen LogP contribution in [0.25, 0.3) is 10.8 Å². The van der Waals surface area contributed by atoms with Crippen LogP contribution in [0.2, 0.25) is 0 Å². The number of benzene rings is 3. The lowest BCUT2D eigenvalue weighted by Gasteiger charge is -2.02. The molecule has 0 fully saturated rings. The number of nitrogens with zero attached hydrogens (tertiary/aromatic N) is 1. The Labute approximate surface area is 118 Å². The molecule has 0 saturated carbocycles. The maximum atomic E-state index is 4.32. The monoisotopic (exact) mass is 260 g/mol. The predicted octanol–water partition coefficient (Wildman–Crippen LogP) is 4.59. The molecule has 0 radical (unpaired) electrons. The topological polar surface area (TPSA) is 24.4 Å². The summed E-state index contributed by atoms with van der Waals surface area (Å²) >= 11 is 0. The van der Waals surface area contributed by atoms with E-state index in [0.717, 1.165) is 11.3 Å². The van der Waals surface area contributed by atoms with Crippen molar-refractivity contribution in [2.24, 2.45) is 5.10 Å². The van der Waals surface area contributed by atoms with Gasteiger partial charge in [0.15, 0.2) is 0 Å². The van der Waals surface area contributed by atoms with Gasteiger partial charge in [0.2, 0.25) is 0 Å². The minimum atomic E-state index is 0.993. The fourth-order valence-electron chi connectivity index (χ4n) is 2.17. The highest BCUT2D eigenvalue weighted by molar-refractivity contribution is 5.99. The number of anilines is 1. The molecule has 98 valence electrons. The first kappa shape index (κ1) is 12.4. The third kappa shape index (κ3) is 2.69. The van der Waals surface area contributed by atoms with Crippen LogP contribution < -0.4 is 5.43 Å². The molecule has 0 saturated heterocycles. The summed E-state index contributed by atoms with van der Waals surface area (Å²) in [6.45, 7) is 2.07. The van der Waals surface area contributed by atoms with Gasteiger partial charge >= 0.3 is 0 Å². The van der Waals surface area contributed by atoms with E-state index in [-0.39, 0.29) is 0 Å². The molecule has 0 bridgehead atoms. The first-order valence-electron chi connectivity index (χ1n) is 6.66. The summed E-state index contributed by atoms with van der Waals surface area (Å²) in [6.07, 6.45) is 1.86. The Morgan fingerprint density at radius 3 is 2.45 bits per heavy atom. The minimum Gasteiger partial charge on any atom is -0.279 e. The number of hydrogen-bond donors (Lipinski definition) is 1. The van der Waals surface area contributed by atoms with Crippen LogP contribution in [0, 0.1) is 6.92 Å². The molecule has 0 aromatic heterocycles. The van der Waals surface area contributed by atoms with Gasteiger partial charge in [0, 0.05) is 5.56 Å². The van der Waals surface area contributed by atoms with Gasteiger partial charge < -0.3 is 0 Å². The molecule has 0 spiro atoms. The average molecular weight is 260 g/mol. The highest BCUT2D eigenvalue weighted by Gasteiger charge is 1.96. The molecule has 0 heterocycles. The zero-order valence-corrected chi connectivity index (χ0v) is 11.4. The summed E-state index contributed by atoms with van der Waals surface area (Å²) in [5, 5.41) is 6.76. The van der Waals surface area contributed by atoms with E-state index in [0.29, 0.717) is 0 Å². The number of aryl methyl sites for hydroxylation is 1. The number of nitrogens with one attached hydrogen (secondary N) is 1. The molecule has 0 aliphatic heterocycles. The summed E-state index contributed by atoms with van der Waals surface area (Å²) in [5.41, 5.74) is 6.40. The van der Waals surface area contributed by atoms with Crippen LogP contribution in [0.3, 0.4) is 0 Å². The van der Waals surface area contributed by atoms with Gasteiger partial charge in [-0.3, -0.25) is 5.43 Å². The molecule has 2 nitrogen and oxygen atoms in total. The minimum absolute atomic E-state index is 0.993. The lowest BCUT2D eigenvalue weighted by molar-refractivity contribution is 1.34. The van der Waals surface area contributed by atoms with Crippen molar-refractivity contribution in [3.8, 4) is 0 Å². The molecule has 0 amide bonds. The van der Waals surface area contributed by atoms with Crippen LogP contribution >= 0.6 is 0 Å². The highest BCUT2D eigenvalue weighted by atomic mass is 15.3. The quantitative estimate of drug-likeness (QED) is 0.540. The van der Waals surface area contributed by atoms with Crippen molar-refractivity contribution >= 4 is 22.7 Å². The van der Waals surface area contributed by atoms with Gasteiger partial charge in [-0.15, -0.1) is 0 Å². The van der Waals surface area contributed by atoms with Crippen molar-refractivity contribution in [3.63, 3.8) is 0 Å². The van der Waals surface area contributed by atoms with Crippen LogP contribution in [-0.2, 0) is 0 Å². The molecule has 3 aromatic carbocycles. The van der Waals surface area contributed by atoms with Gasteiger partial charge in [-0.05, 0) is 29.8 Å². The Kier molecular flexibility index (Phi) is 3.46. The van der Waals surface area contributed by atoms with E-state index in [1.54, 1.807) is 0 Å². The van der Waals surface area contributed by atoms with E-state index in [4.69, 9.17) is 0 Å². The van der Waals surface area contributed by atoms with Gasteiger partial charge in [0.25, 0.3) is 0 Å². The second-order valence-corrected chi connectivity index (χ2v) is 4.80. The van der Waals surface area contributed by atoms with E-state index in [2.05, 4.69) is 59.9 Å². The normalized spacial score (nSPS) is 11.1. The molecule has 2 heteroatoms. The summed E-state index contributed by atoms with van der Waals surface area (Å²) in [5.74, 6) is 0. The number of hydrazone groups is 1. The largest absolute Gasteiger partial charge is 0.279 e. The van der Waals surface area contributed by atoms with E-state index < -0.39 is 0 Å². The maximum absolute atomic E-state index is 4.32. The Balaban J connectivity index is 1.82. The maximum Gasteiger partial charge on any atom is 0.0561 e. The van der Waals surface area contributed by atoms with E-state index in [1.807, 2.05) is 30.5 Å². The van der Waals surface area contributed by atoms with Gasteiger partial charge in [-0.2, -0.15) is 5.10 Å². The lowest BCUT2D eigenvalue weighted by Crippen LogP contribution is -1.91. The molecular weight excluding hydrogens is 244 g/mol. The van der Waals surface area contributed by atoms with Crippen LogP contribution in [0.4, 0.5) is 5.69 Å². The summed E-state index contributed by atoms with van der Waals surface area (Å²) in [7, 11) is 0. The molecule has 0 unspecified atom stereocenters.